The van der Waals surface area contributed by atoms with Crippen molar-refractivity contribution in [2.75, 3.05) is 32.5 Å². The third-order valence-electron chi connectivity index (χ3n) is 3.22. The fourth-order valence-corrected chi connectivity index (χ4v) is 2.45. The van der Waals surface area contributed by atoms with Crippen LogP contribution >= 0.6 is 15.9 Å². The number of hydrogen-bond donors (Lipinski definition) is 0. The van der Waals surface area contributed by atoms with Crippen molar-refractivity contribution in [3.05, 3.63) is 39.5 Å². The number of nitriles is 1. The molecule has 0 unspecified atom stereocenters. The summed E-state index contributed by atoms with van der Waals surface area (Å²) in [6.45, 7) is -0.0212. The molecule has 1 aromatic carbocycles. The lowest BCUT2D eigenvalue weighted by Gasteiger charge is -2.31. The smallest absolute Gasteiger partial charge is 0.355 e. The number of nitrogens with zero attached hydrogens (tertiary/aromatic N) is 2. The van der Waals surface area contributed by atoms with E-state index in [1.165, 1.54) is 19.1 Å². The molecule has 120 valence electrons. The Morgan fingerprint density at radius 1 is 1.30 bits per heavy atom. The highest BCUT2D eigenvalue weighted by Crippen LogP contribution is 2.29. The van der Waals surface area contributed by atoms with Gasteiger partial charge in [-0.15, -0.1) is 0 Å². The molecule has 8 heteroatoms. The van der Waals surface area contributed by atoms with Gasteiger partial charge in [0, 0.05) is 10.2 Å². The van der Waals surface area contributed by atoms with Gasteiger partial charge in [-0.1, -0.05) is 0 Å². The van der Waals surface area contributed by atoms with Gasteiger partial charge in [0.05, 0.1) is 32.0 Å². The second-order valence-corrected chi connectivity index (χ2v) is 5.35. The van der Waals surface area contributed by atoms with E-state index >= 15 is 0 Å². The molecule has 1 aromatic rings. The number of hydrogen-bond acceptors (Lipinski definition) is 7. The van der Waals surface area contributed by atoms with E-state index in [0.29, 0.717) is 15.7 Å². The second-order valence-electron chi connectivity index (χ2n) is 4.49. The minimum Gasteiger partial charge on any atom is -0.466 e. The Morgan fingerprint density at radius 3 is 2.61 bits per heavy atom. The van der Waals surface area contributed by atoms with Crippen LogP contribution in [0.3, 0.4) is 0 Å². The Bertz CT molecular complexity index is 723. The summed E-state index contributed by atoms with van der Waals surface area (Å²) in [7, 11) is 2.44. The van der Waals surface area contributed by atoms with Gasteiger partial charge in [-0.05, 0) is 34.1 Å². The summed E-state index contributed by atoms with van der Waals surface area (Å²) in [5.41, 5.74) is 1.01. The van der Waals surface area contributed by atoms with Crippen LogP contribution in [0.15, 0.2) is 33.9 Å². The number of halogens is 1. The number of esters is 2. The zero-order chi connectivity index (χ0) is 17.0. The number of methoxy groups -OCH3 is 2. The molecular weight excluding hydrogens is 368 g/mol. The fourth-order valence-electron chi connectivity index (χ4n) is 2.11. The molecule has 0 aromatic heterocycles. The summed E-state index contributed by atoms with van der Waals surface area (Å²) in [5.74, 6) is -1.36. The quantitative estimate of drug-likeness (QED) is 0.737. The van der Waals surface area contributed by atoms with Crippen LogP contribution in [-0.4, -0.2) is 39.5 Å². The first kappa shape index (κ1) is 17.0. The highest BCUT2D eigenvalue weighted by molar-refractivity contribution is 9.10. The van der Waals surface area contributed by atoms with Gasteiger partial charge in [0.25, 0.3) is 0 Å². The summed E-state index contributed by atoms with van der Waals surface area (Å²) in [4.78, 5) is 25.5. The minimum atomic E-state index is -0.685. The summed E-state index contributed by atoms with van der Waals surface area (Å²) >= 11 is 3.27. The number of benzene rings is 1. The van der Waals surface area contributed by atoms with E-state index in [4.69, 9.17) is 19.5 Å². The zero-order valence-electron chi connectivity index (χ0n) is 12.5. The molecule has 0 bridgehead atoms. The monoisotopic (exact) mass is 380 g/mol. The van der Waals surface area contributed by atoms with Crippen LogP contribution in [-0.2, 0) is 23.8 Å². The molecular formula is C15H13BrN2O5. The van der Waals surface area contributed by atoms with Gasteiger partial charge in [0.15, 0.2) is 0 Å². The van der Waals surface area contributed by atoms with Crippen LogP contribution in [0, 0.1) is 11.3 Å². The van der Waals surface area contributed by atoms with E-state index in [1.54, 1.807) is 18.2 Å². The molecule has 23 heavy (non-hydrogen) atoms. The molecule has 0 N–H and O–H groups in total. The Balaban J connectivity index is 2.57. The minimum absolute atomic E-state index is 0.0387. The molecule has 1 heterocycles. The Kier molecular flexibility index (Phi) is 5.36. The predicted molar refractivity (Wildman–Crippen MR) is 83.2 cm³/mol. The van der Waals surface area contributed by atoms with Gasteiger partial charge in [-0.25, -0.2) is 9.59 Å². The number of anilines is 1. The maximum absolute atomic E-state index is 12.1. The molecule has 0 aliphatic carbocycles. The molecule has 0 atom stereocenters. The van der Waals surface area contributed by atoms with Crippen LogP contribution in [0.1, 0.15) is 5.56 Å². The first-order chi connectivity index (χ1) is 11.0. The van der Waals surface area contributed by atoms with Crippen LogP contribution < -0.4 is 4.90 Å². The Morgan fingerprint density at radius 2 is 2.00 bits per heavy atom. The summed E-state index contributed by atoms with van der Waals surface area (Å²) in [6, 6.07) is 6.99. The maximum Gasteiger partial charge on any atom is 0.355 e. The Hall–Kier alpha value is -2.37. The lowest BCUT2D eigenvalue weighted by Crippen LogP contribution is -2.38. The lowest BCUT2D eigenvalue weighted by atomic mass is 10.1. The van der Waals surface area contributed by atoms with Crippen molar-refractivity contribution in [3.63, 3.8) is 0 Å². The number of rotatable bonds is 3. The van der Waals surface area contributed by atoms with E-state index in [2.05, 4.69) is 15.9 Å². The predicted octanol–water partition coefficient (Wildman–Crippen LogP) is 1.71. The fraction of sp³-hybridized carbons (Fsp3) is 0.267. The molecule has 0 radical (unpaired) electrons. The van der Waals surface area contributed by atoms with E-state index < -0.39 is 11.9 Å². The van der Waals surface area contributed by atoms with Crippen molar-refractivity contribution in [1.29, 1.82) is 5.26 Å². The standard InChI is InChI=1S/C15H13BrN2O5/c1-21-14(19)11-7-23-8-18(13(11)15(20)22-2)10-3-4-12(16)9(5-10)6-17/h3-5H,7-8H2,1-2H3. The molecule has 2 rings (SSSR count). The van der Waals surface area contributed by atoms with Crippen LogP contribution in [0.5, 0.6) is 0 Å². The lowest BCUT2D eigenvalue weighted by molar-refractivity contribution is -0.140. The van der Waals surface area contributed by atoms with E-state index in [0.717, 1.165) is 0 Å². The van der Waals surface area contributed by atoms with Gasteiger partial charge in [0.2, 0.25) is 0 Å². The van der Waals surface area contributed by atoms with Crippen LogP contribution in [0.25, 0.3) is 0 Å². The van der Waals surface area contributed by atoms with Crippen LogP contribution in [0.2, 0.25) is 0 Å². The number of ether oxygens (including phenoxy) is 3. The molecule has 0 amide bonds. The summed E-state index contributed by atoms with van der Waals surface area (Å²) in [5, 5.41) is 9.13. The van der Waals surface area contributed by atoms with E-state index in [-0.39, 0.29) is 24.6 Å². The third kappa shape index (κ3) is 3.36. The average Bonchev–Trinajstić information content (AvgIpc) is 2.60. The van der Waals surface area contributed by atoms with Crippen molar-refractivity contribution in [1.82, 2.24) is 0 Å². The normalized spacial score (nSPS) is 14.3. The van der Waals surface area contributed by atoms with Crippen molar-refractivity contribution in [2.45, 2.75) is 0 Å². The van der Waals surface area contributed by atoms with E-state index in [9.17, 15) is 9.59 Å². The molecule has 0 fully saturated rings. The number of carbonyl (C=O) groups excluding carboxylic acids is 2. The summed E-state index contributed by atoms with van der Waals surface area (Å²) < 4.78 is 15.5. The number of carbonyl (C=O) groups is 2. The van der Waals surface area contributed by atoms with Gasteiger partial charge in [-0.3, -0.25) is 0 Å². The van der Waals surface area contributed by atoms with Crippen molar-refractivity contribution in [3.8, 4) is 6.07 Å². The molecule has 0 spiro atoms. The topological polar surface area (TPSA) is 88.9 Å². The largest absolute Gasteiger partial charge is 0.466 e. The average molecular weight is 381 g/mol. The maximum atomic E-state index is 12.1. The molecule has 0 saturated carbocycles. The zero-order valence-corrected chi connectivity index (χ0v) is 14.0. The molecule has 7 nitrogen and oxygen atoms in total. The van der Waals surface area contributed by atoms with Crippen LogP contribution in [0.4, 0.5) is 5.69 Å². The first-order valence-corrected chi connectivity index (χ1v) is 7.27. The van der Waals surface area contributed by atoms with Gasteiger partial charge >= 0.3 is 11.9 Å². The van der Waals surface area contributed by atoms with Crippen molar-refractivity contribution < 1.29 is 23.8 Å². The molecule has 0 saturated heterocycles. The SMILES string of the molecule is COC(=O)C1=C(C(=O)OC)N(c2ccc(Br)c(C#N)c2)COC1. The van der Waals surface area contributed by atoms with E-state index in [1.807, 2.05) is 6.07 Å². The van der Waals surface area contributed by atoms with Crippen molar-refractivity contribution >= 4 is 33.6 Å². The highest BCUT2D eigenvalue weighted by Gasteiger charge is 2.32. The van der Waals surface area contributed by atoms with Gasteiger partial charge < -0.3 is 19.1 Å². The molecule has 1 aliphatic heterocycles. The van der Waals surface area contributed by atoms with Gasteiger partial charge in [0.1, 0.15) is 18.5 Å². The van der Waals surface area contributed by atoms with Crippen molar-refractivity contribution in [2.24, 2.45) is 0 Å². The second kappa shape index (κ2) is 7.26. The Labute approximate surface area is 141 Å². The highest BCUT2D eigenvalue weighted by atomic mass is 79.9. The first-order valence-electron chi connectivity index (χ1n) is 6.48. The molecule has 1 aliphatic rings. The van der Waals surface area contributed by atoms with Gasteiger partial charge in [-0.2, -0.15) is 5.26 Å². The summed E-state index contributed by atoms with van der Waals surface area (Å²) in [6.07, 6.45) is 0. The third-order valence-corrected chi connectivity index (χ3v) is 3.91.